The Labute approximate surface area is 122 Å². The van der Waals surface area contributed by atoms with E-state index in [1.54, 1.807) is 0 Å². The standard InChI is InChI=1S/C14H18ClFN2O2/c15-10-7-13(16)14(17-8-10)18-4-1-11(2-5-18)20-12-3-6-19-9-12/h7-8,11-12H,1-6,9H2/t12-/m1/s1. The summed E-state index contributed by atoms with van der Waals surface area (Å²) in [5.41, 5.74) is 0. The zero-order chi connectivity index (χ0) is 13.9. The molecule has 1 aromatic rings. The van der Waals surface area contributed by atoms with Crippen molar-refractivity contribution >= 4 is 17.4 Å². The SMILES string of the molecule is Fc1cc(Cl)cnc1N1CCC(O[C@@H]2CCOC2)CC1. The zero-order valence-electron chi connectivity index (χ0n) is 11.2. The Morgan fingerprint density at radius 3 is 2.75 bits per heavy atom. The largest absolute Gasteiger partial charge is 0.379 e. The highest BCUT2D eigenvalue weighted by molar-refractivity contribution is 6.30. The Hall–Kier alpha value is -0.910. The van der Waals surface area contributed by atoms with Crippen LogP contribution in [0.3, 0.4) is 0 Å². The van der Waals surface area contributed by atoms with Gasteiger partial charge in [-0.15, -0.1) is 0 Å². The highest BCUT2D eigenvalue weighted by atomic mass is 35.5. The monoisotopic (exact) mass is 300 g/mol. The van der Waals surface area contributed by atoms with Gasteiger partial charge < -0.3 is 14.4 Å². The molecule has 4 nitrogen and oxygen atoms in total. The van der Waals surface area contributed by atoms with Crippen LogP contribution < -0.4 is 4.90 Å². The Bertz CT molecular complexity index is 460. The minimum atomic E-state index is -0.360. The van der Waals surface area contributed by atoms with Gasteiger partial charge in [-0.25, -0.2) is 9.37 Å². The van der Waals surface area contributed by atoms with E-state index in [1.165, 1.54) is 12.3 Å². The maximum absolute atomic E-state index is 13.8. The molecule has 0 bridgehead atoms. The van der Waals surface area contributed by atoms with Gasteiger partial charge >= 0.3 is 0 Å². The van der Waals surface area contributed by atoms with E-state index >= 15 is 0 Å². The van der Waals surface area contributed by atoms with Gasteiger partial charge in [0.1, 0.15) is 0 Å². The highest BCUT2D eigenvalue weighted by Gasteiger charge is 2.26. The van der Waals surface area contributed by atoms with Gasteiger partial charge in [0.05, 0.1) is 23.8 Å². The summed E-state index contributed by atoms with van der Waals surface area (Å²) >= 11 is 5.72. The van der Waals surface area contributed by atoms with Gasteiger partial charge in [-0.2, -0.15) is 0 Å². The van der Waals surface area contributed by atoms with Crippen molar-refractivity contribution in [3.8, 4) is 0 Å². The van der Waals surface area contributed by atoms with Crippen LogP contribution in [0.2, 0.25) is 5.02 Å². The predicted molar refractivity (Wildman–Crippen MR) is 74.7 cm³/mol. The van der Waals surface area contributed by atoms with Gasteiger partial charge in [0.25, 0.3) is 0 Å². The summed E-state index contributed by atoms with van der Waals surface area (Å²) in [7, 11) is 0. The van der Waals surface area contributed by atoms with Crippen LogP contribution in [0.25, 0.3) is 0 Å². The normalized spacial score (nSPS) is 24.3. The van der Waals surface area contributed by atoms with Crippen LogP contribution in [0.1, 0.15) is 19.3 Å². The van der Waals surface area contributed by atoms with Gasteiger partial charge in [0.15, 0.2) is 11.6 Å². The lowest BCUT2D eigenvalue weighted by Crippen LogP contribution is -2.39. The number of hydrogen-bond acceptors (Lipinski definition) is 4. The van der Waals surface area contributed by atoms with E-state index in [4.69, 9.17) is 21.1 Å². The molecule has 0 radical (unpaired) electrons. The molecule has 1 aromatic heterocycles. The molecule has 2 aliphatic heterocycles. The number of halogens is 2. The molecule has 2 aliphatic rings. The van der Waals surface area contributed by atoms with Crippen molar-refractivity contribution in [2.24, 2.45) is 0 Å². The van der Waals surface area contributed by atoms with Gasteiger partial charge in [-0.3, -0.25) is 0 Å². The quantitative estimate of drug-likeness (QED) is 0.859. The van der Waals surface area contributed by atoms with Crippen LogP contribution in [0.5, 0.6) is 0 Å². The van der Waals surface area contributed by atoms with E-state index in [-0.39, 0.29) is 18.0 Å². The zero-order valence-corrected chi connectivity index (χ0v) is 12.0. The van der Waals surface area contributed by atoms with Crippen LogP contribution >= 0.6 is 11.6 Å². The number of nitrogens with zero attached hydrogens (tertiary/aromatic N) is 2. The summed E-state index contributed by atoms with van der Waals surface area (Å²) in [5, 5.41) is 0.325. The number of anilines is 1. The van der Waals surface area contributed by atoms with E-state index in [0.717, 1.165) is 39.0 Å². The summed E-state index contributed by atoms with van der Waals surface area (Å²) in [5.74, 6) is 0.0260. The molecule has 0 spiro atoms. The van der Waals surface area contributed by atoms with Crippen LogP contribution in [0, 0.1) is 5.82 Å². The summed E-state index contributed by atoms with van der Waals surface area (Å²) in [6.07, 6.45) is 4.72. The molecule has 3 heterocycles. The first-order valence-electron chi connectivity index (χ1n) is 7.01. The van der Waals surface area contributed by atoms with E-state index in [9.17, 15) is 4.39 Å². The number of piperidine rings is 1. The van der Waals surface area contributed by atoms with Crippen LogP contribution in [0.15, 0.2) is 12.3 Å². The number of ether oxygens (including phenoxy) is 2. The number of hydrogen-bond donors (Lipinski definition) is 0. The Morgan fingerprint density at radius 1 is 1.30 bits per heavy atom. The summed E-state index contributed by atoms with van der Waals surface area (Å²) in [6, 6.07) is 1.31. The molecule has 0 saturated carbocycles. The molecule has 0 unspecified atom stereocenters. The molecule has 0 N–H and O–H groups in total. The highest BCUT2D eigenvalue weighted by Crippen LogP contribution is 2.25. The number of rotatable bonds is 3. The van der Waals surface area contributed by atoms with E-state index < -0.39 is 0 Å². The fourth-order valence-electron chi connectivity index (χ4n) is 2.74. The molecular weight excluding hydrogens is 283 g/mol. The molecule has 1 atom stereocenters. The molecule has 3 rings (SSSR count). The Balaban J connectivity index is 1.55. The van der Waals surface area contributed by atoms with Crippen molar-refractivity contribution in [1.82, 2.24) is 4.98 Å². The molecule has 6 heteroatoms. The Kier molecular flexibility index (Phi) is 4.38. The summed E-state index contributed by atoms with van der Waals surface area (Å²) < 4.78 is 25.1. The third-order valence-corrected chi connectivity index (χ3v) is 4.01. The van der Waals surface area contributed by atoms with Gasteiger partial charge in [-0.1, -0.05) is 11.6 Å². The van der Waals surface area contributed by atoms with Crippen molar-refractivity contribution in [3.63, 3.8) is 0 Å². The second kappa shape index (κ2) is 6.24. The van der Waals surface area contributed by atoms with Crippen LogP contribution in [0.4, 0.5) is 10.2 Å². The van der Waals surface area contributed by atoms with Crippen LogP contribution in [-0.4, -0.2) is 43.5 Å². The number of aromatic nitrogens is 1. The second-order valence-corrected chi connectivity index (χ2v) is 5.70. The van der Waals surface area contributed by atoms with E-state index in [2.05, 4.69) is 4.98 Å². The summed E-state index contributed by atoms with van der Waals surface area (Å²) in [4.78, 5) is 6.04. The first-order valence-corrected chi connectivity index (χ1v) is 7.39. The lowest BCUT2D eigenvalue weighted by Gasteiger charge is -2.33. The third kappa shape index (κ3) is 3.22. The van der Waals surface area contributed by atoms with Crippen molar-refractivity contribution in [2.75, 3.05) is 31.2 Å². The Morgan fingerprint density at radius 2 is 2.10 bits per heavy atom. The van der Waals surface area contributed by atoms with Gasteiger partial charge in [-0.05, 0) is 25.3 Å². The average Bonchev–Trinajstić information content (AvgIpc) is 2.93. The fraction of sp³-hybridized carbons (Fsp3) is 0.643. The molecule has 2 fully saturated rings. The van der Waals surface area contributed by atoms with Crippen LogP contribution in [-0.2, 0) is 9.47 Å². The van der Waals surface area contributed by atoms with Crippen molar-refractivity contribution < 1.29 is 13.9 Å². The fourth-order valence-corrected chi connectivity index (χ4v) is 2.88. The summed E-state index contributed by atoms with van der Waals surface area (Å²) in [6.45, 7) is 3.00. The lowest BCUT2D eigenvalue weighted by molar-refractivity contribution is -0.0262. The molecule has 0 aromatic carbocycles. The lowest BCUT2D eigenvalue weighted by atomic mass is 10.1. The number of pyridine rings is 1. The van der Waals surface area contributed by atoms with Crippen molar-refractivity contribution in [1.29, 1.82) is 0 Å². The maximum atomic E-state index is 13.8. The van der Waals surface area contributed by atoms with Crippen molar-refractivity contribution in [3.05, 3.63) is 23.1 Å². The van der Waals surface area contributed by atoms with E-state index in [0.29, 0.717) is 17.4 Å². The minimum absolute atomic E-state index is 0.233. The smallest absolute Gasteiger partial charge is 0.167 e. The molecule has 110 valence electrons. The molecule has 2 saturated heterocycles. The van der Waals surface area contributed by atoms with Crippen molar-refractivity contribution in [2.45, 2.75) is 31.5 Å². The first kappa shape index (κ1) is 14.0. The molecule has 0 amide bonds. The second-order valence-electron chi connectivity index (χ2n) is 5.27. The molecule has 0 aliphatic carbocycles. The van der Waals surface area contributed by atoms with E-state index in [1.807, 2.05) is 4.90 Å². The first-order chi connectivity index (χ1) is 9.72. The predicted octanol–water partition coefficient (Wildman–Crippen LogP) is 2.65. The average molecular weight is 301 g/mol. The van der Waals surface area contributed by atoms with Gasteiger partial charge in [0.2, 0.25) is 0 Å². The minimum Gasteiger partial charge on any atom is -0.379 e. The topological polar surface area (TPSA) is 34.6 Å². The third-order valence-electron chi connectivity index (χ3n) is 3.80. The maximum Gasteiger partial charge on any atom is 0.167 e. The molecular formula is C14H18ClFN2O2. The molecule has 20 heavy (non-hydrogen) atoms. The van der Waals surface area contributed by atoms with Gasteiger partial charge in [0, 0.05) is 25.9 Å².